The predicted molar refractivity (Wildman–Crippen MR) is 79.0 cm³/mol. The molecule has 1 spiro atoms. The lowest BCUT2D eigenvalue weighted by Crippen LogP contribution is -2.42. The highest BCUT2D eigenvalue weighted by Crippen LogP contribution is 2.59. The van der Waals surface area contributed by atoms with Gasteiger partial charge in [0.1, 0.15) is 0 Å². The van der Waals surface area contributed by atoms with Gasteiger partial charge in [-0.25, -0.2) is 0 Å². The van der Waals surface area contributed by atoms with Gasteiger partial charge in [0, 0.05) is 18.5 Å². The molecule has 2 rings (SSSR count). The number of nitrogens with zero attached hydrogens (tertiary/aromatic N) is 1. The van der Waals surface area contributed by atoms with Crippen molar-refractivity contribution in [2.75, 3.05) is 19.6 Å². The van der Waals surface area contributed by atoms with Gasteiger partial charge in [-0.2, -0.15) is 0 Å². The van der Waals surface area contributed by atoms with Crippen molar-refractivity contribution in [3.05, 3.63) is 0 Å². The summed E-state index contributed by atoms with van der Waals surface area (Å²) < 4.78 is 0. The van der Waals surface area contributed by atoms with Gasteiger partial charge in [-0.3, -0.25) is 4.79 Å². The standard InChI is InChI=1S/C16H30N2O/c1-4-6-11-18(13(3)5-2)15(19)14-12-16(14)7-9-17-10-8-16/h13-14,17H,4-12H2,1-3H3. The quantitative estimate of drug-likeness (QED) is 0.802. The molecule has 1 saturated heterocycles. The zero-order valence-electron chi connectivity index (χ0n) is 12.9. The molecule has 1 aliphatic heterocycles. The second kappa shape index (κ2) is 6.25. The van der Waals surface area contributed by atoms with Crippen molar-refractivity contribution < 1.29 is 4.79 Å². The highest BCUT2D eigenvalue weighted by atomic mass is 16.2. The van der Waals surface area contributed by atoms with E-state index in [1.165, 1.54) is 19.3 Å². The third kappa shape index (κ3) is 3.13. The molecule has 1 N–H and O–H groups in total. The van der Waals surface area contributed by atoms with Crippen LogP contribution in [-0.2, 0) is 4.79 Å². The van der Waals surface area contributed by atoms with Crippen LogP contribution in [0.4, 0.5) is 0 Å². The highest BCUT2D eigenvalue weighted by Gasteiger charge is 2.58. The van der Waals surface area contributed by atoms with Gasteiger partial charge in [0.15, 0.2) is 0 Å². The summed E-state index contributed by atoms with van der Waals surface area (Å²) in [6.45, 7) is 9.74. The first-order valence-corrected chi connectivity index (χ1v) is 8.16. The Morgan fingerprint density at radius 3 is 2.63 bits per heavy atom. The lowest BCUT2D eigenvalue weighted by molar-refractivity contribution is -0.135. The van der Waals surface area contributed by atoms with E-state index in [1.54, 1.807) is 0 Å². The Morgan fingerprint density at radius 1 is 1.37 bits per heavy atom. The maximum absolute atomic E-state index is 12.8. The summed E-state index contributed by atoms with van der Waals surface area (Å²) in [4.78, 5) is 15.0. The summed E-state index contributed by atoms with van der Waals surface area (Å²) >= 11 is 0. The van der Waals surface area contributed by atoms with Gasteiger partial charge in [-0.15, -0.1) is 0 Å². The smallest absolute Gasteiger partial charge is 0.226 e. The van der Waals surface area contributed by atoms with Crippen molar-refractivity contribution in [2.24, 2.45) is 11.3 Å². The van der Waals surface area contributed by atoms with E-state index in [1.807, 2.05) is 0 Å². The molecule has 1 amide bonds. The van der Waals surface area contributed by atoms with E-state index in [0.29, 0.717) is 23.3 Å². The van der Waals surface area contributed by atoms with Crippen LogP contribution in [0, 0.1) is 11.3 Å². The number of piperidine rings is 1. The zero-order valence-corrected chi connectivity index (χ0v) is 12.9. The first-order valence-electron chi connectivity index (χ1n) is 8.16. The Labute approximate surface area is 118 Å². The Bertz CT molecular complexity index is 310. The molecule has 1 heterocycles. The SMILES string of the molecule is CCCCN(C(=O)C1CC12CCNCC2)C(C)CC. The fraction of sp³-hybridized carbons (Fsp3) is 0.938. The number of carbonyl (C=O) groups is 1. The minimum absolute atomic E-state index is 0.334. The molecule has 0 bridgehead atoms. The molecule has 0 aromatic carbocycles. The van der Waals surface area contributed by atoms with Gasteiger partial charge >= 0.3 is 0 Å². The van der Waals surface area contributed by atoms with Crippen molar-refractivity contribution in [3.8, 4) is 0 Å². The number of rotatable bonds is 6. The number of hydrogen-bond donors (Lipinski definition) is 1. The van der Waals surface area contributed by atoms with Crippen LogP contribution in [0.25, 0.3) is 0 Å². The molecule has 1 saturated carbocycles. The Hall–Kier alpha value is -0.570. The normalized spacial score (nSPS) is 26.2. The fourth-order valence-electron chi connectivity index (χ4n) is 3.47. The number of unbranched alkanes of at least 4 members (excludes halogenated alkanes) is 1. The molecule has 0 radical (unpaired) electrons. The molecule has 3 heteroatoms. The summed E-state index contributed by atoms with van der Waals surface area (Å²) in [6, 6.07) is 0.401. The highest BCUT2D eigenvalue weighted by molar-refractivity contribution is 5.83. The lowest BCUT2D eigenvalue weighted by atomic mass is 9.91. The molecule has 2 unspecified atom stereocenters. The Kier molecular flexibility index (Phi) is 4.88. The molecule has 1 aliphatic carbocycles. The minimum Gasteiger partial charge on any atom is -0.340 e. The monoisotopic (exact) mass is 266 g/mol. The van der Waals surface area contributed by atoms with Crippen LogP contribution in [0.5, 0.6) is 0 Å². The Morgan fingerprint density at radius 2 is 2.05 bits per heavy atom. The Balaban J connectivity index is 1.96. The molecule has 3 nitrogen and oxygen atoms in total. The summed E-state index contributed by atoms with van der Waals surface area (Å²) in [7, 11) is 0. The van der Waals surface area contributed by atoms with Gasteiger partial charge in [-0.1, -0.05) is 20.3 Å². The van der Waals surface area contributed by atoms with Crippen LogP contribution in [0.3, 0.4) is 0 Å². The average molecular weight is 266 g/mol. The molecule has 19 heavy (non-hydrogen) atoms. The molecule has 2 atom stereocenters. The van der Waals surface area contributed by atoms with Crippen molar-refractivity contribution in [1.29, 1.82) is 0 Å². The lowest BCUT2D eigenvalue weighted by Gasteiger charge is -2.31. The largest absolute Gasteiger partial charge is 0.340 e. The van der Waals surface area contributed by atoms with E-state index >= 15 is 0 Å². The van der Waals surface area contributed by atoms with E-state index in [4.69, 9.17) is 0 Å². The first-order chi connectivity index (χ1) is 9.14. The maximum atomic E-state index is 12.8. The molecule has 110 valence electrons. The van der Waals surface area contributed by atoms with Gasteiger partial charge in [0.25, 0.3) is 0 Å². The topological polar surface area (TPSA) is 32.3 Å². The predicted octanol–water partition coefficient (Wildman–Crippen LogP) is 2.80. The van der Waals surface area contributed by atoms with Gasteiger partial charge in [0.2, 0.25) is 5.91 Å². The summed E-state index contributed by atoms with van der Waals surface area (Å²) in [5.41, 5.74) is 0.375. The number of amides is 1. The first kappa shape index (κ1) is 14.8. The molecule has 2 aliphatic rings. The second-order valence-corrected chi connectivity index (χ2v) is 6.51. The van der Waals surface area contributed by atoms with E-state index in [-0.39, 0.29) is 0 Å². The van der Waals surface area contributed by atoms with Crippen molar-refractivity contribution in [2.45, 2.75) is 65.3 Å². The molecular formula is C16H30N2O. The molecular weight excluding hydrogens is 236 g/mol. The third-order valence-corrected chi connectivity index (χ3v) is 5.25. The van der Waals surface area contributed by atoms with Gasteiger partial charge < -0.3 is 10.2 Å². The van der Waals surface area contributed by atoms with E-state index in [0.717, 1.165) is 38.9 Å². The summed E-state index contributed by atoms with van der Waals surface area (Å²) in [5, 5.41) is 3.41. The molecule has 0 aromatic rings. The number of hydrogen-bond acceptors (Lipinski definition) is 2. The fourth-order valence-corrected chi connectivity index (χ4v) is 3.47. The summed E-state index contributed by atoms with van der Waals surface area (Å²) in [6.07, 6.45) is 6.91. The summed E-state index contributed by atoms with van der Waals surface area (Å²) in [5.74, 6) is 0.783. The number of nitrogens with one attached hydrogen (secondary N) is 1. The van der Waals surface area contributed by atoms with Crippen LogP contribution in [-0.4, -0.2) is 36.5 Å². The van der Waals surface area contributed by atoms with Crippen molar-refractivity contribution in [3.63, 3.8) is 0 Å². The maximum Gasteiger partial charge on any atom is 0.226 e. The van der Waals surface area contributed by atoms with Crippen LogP contribution < -0.4 is 5.32 Å². The van der Waals surface area contributed by atoms with Crippen LogP contribution in [0.1, 0.15) is 59.3 Å². The zero-order chi connectivity index (χ0) is 13.9. The second-order valence-electron chi connectivity index (χ2n) is 6.51. The van der Waals surface area contributed by atoms with Crippen molar-refractivity contribution in [1.82, 2.24) is 10.2 Å². The van der Waals surface area contributed by atoms with Gasteiger partial charge in [0.05, 0.1) is 0 Å². The van der Waals surface area contributed by atoms with Crippen molar-refractivity contribution >= 4 is 5.91 Å². The van der Waals surface area contributed by atoms with Crippen LogP contribution in [0.2, 0.25) is 0 Å². The molecule has 2 fully saturated rings. The third-order valence-electron chi connectivity index (χ3n) is 5.25. The number of carbonyl (C=O) groups excluding carboxylic acids is 1. The van der Waals surface area contributed by atoms with Crippen LogP contribution in [0.15, 0.2) is 0 Å². The van der Waals surface area contributed by atoms with E-state index in [2.05, 4.69) is 31.0 Å². The minimum atomic E-state index is 0.334. The van der Waals surface area contributed by atoms with E-state index in [9.17, 15) is 4.79 Å². The van der Waals surface area contributed by atoms with E-state index < -0.39 is 0 Å². The average Bonchev–Trinajstić information content (AvgIpc) is 3.12. The molecule has 0 aromatic heterocycles. The van der Waals surface area contributed by atoms with Crippen LogP contribution >= 0.6 is 0 Å². The van der Waals surface area contributed by atoms with Gasteiger partial charge in [-0.05, 0) is 57.5 Å².